The summed E-state index contributed by atoms with van der Waals surface area (Å²) in [5, 5.41) is 3.64. The van der Waals surface area contributed by atoms with Gasteiger partial charge >= 0.3 is 0 Å². The van der Waals surface area contributed by atoms with Crippen molar-refractivity contribution in [2.24, 2.45) is 0 Å². The Morgan fingerprint density at radius 2 is 1.85 bits per heavy atom. The molecule has 0 spiro atoms. The predicted octanol–water partition coefficient (Wildman–Crippen LogP) is 7.08. The number of aromatic nitrogens is 2. The highest BCUT2D eigenvalue weighted by atomic mass is 35.5. The number of benzene rings is 2. The van der Waals surface area contributed by atoms with E-state index in [0.29, 0.717) is 26.8 Å². The van der Waals surface area contributed by atoms with Crippen LogP contribution in [0, 0.1) is 0 Å². The Hall–Kier alpha value is -1.79. The first kappa shape index (κ1) is 17.6. The zero-order valence-electron chi connectivity index (χ0n) is 13.4. The van der Waals surface area contributed by atoms with E-state index in [1.54, 1.807) is 30.0 Å². The highest BCUT2D eigenvalue weighted by Crippen LogP contribution is 2.37. The van der Waals surface area contributed by atoms with Gasteiger partial charge in [-0.2, -0.15) is 4.98 Å². The monoisotopic (exact) mass is 418 g/mol. The minimum atomic E-state index is 0.444. The molecule has 0 radical (unpaired) electrons. The van der Waals surface area contributed by atoms with Gasteiger partial charge in [0.25, 0.3) is 0 Å². The van der Waals surface area contributed by atoms with Gasteiger partial charge in [-0.1, -0.05) is 65.3 Å². The van der Waals surface area contributed by atoms with Gasteiger partial charge in [0.2, 0.25) is 5.88 Å². The van der Waals surface area contributed by atoms with Crippen LogP contribution >= 0.6 is 46.3 Å². The van der Waals surface area contributed by atoms with Crippen molar-refractivity contribution in [3.05, 3.63) is 75.6 Å². The molecule has 0 aliphatic heterocycles. The van der Waals surface area contributed by atoms with Crippen molar-refractivity contribution in [3.63, 3.8) is 0 Å². The maximum absolute atomic E-state index is 6.23. The lowest BCUT2D eigenvalue weighted by molar-refractivity contribution is 0.464. The van der Waals surface area contributed by atoms with E-state index in [1.807, 2.05) is 29.6 Å². The minimum absolute atomic E-state index is 0.444. The molecule has 0 unspecified atom stereocenters. The van der Waals surface area contributed by atoms with Crippen LogP contribution in [0.1, 0.15) is 5.56 Å². The van der Waals surface area contributed by atoms with Crippen LogP contribution in [0.15, 0.2) is 65.1 Å². The highest BCUT2D eigenvalue weighted by molar-refractivity contribution is 7.98. The molecule has 0 bridgehead atoms. The molecule has 0 aliphatic rings. The van der Waals surface area contributed by atoms with Crippen molar-refractivity contribution < 1.29 is 4.74 Å². The second-order valence-electron chi connectivity index (χ2n) is 5.40. The molecule has 0 fully saturated rings. The molecule has 0 saturated heterocycles. The Morgan fingerprint density at radius 1 is 1.00 bits per heavy atom. The fraction of sp³-hybridized carbons (Fsp3) is 0.0526. The third-order valence-corrected chi connectivity index (χ3v) is 5.90. The molecule has 130 valence electrons. The van der Waals surface area contributed by atoms with Gasteiger partial charge in [0.1, 0.15) is 10.4 Å². The van der Waals surface area contributed by atoms with Crippen LogP contribution in [0.3, 0.4) is 0 Å². The molecule has 2 heterocycles. The molecule has 26 heavy (non-hydrogen) atoms. The molecular formula is C19H12Cl2N2OS2. The van der Waals surface area contributed by atoms with Crippen molar-refractivity contribution in [1.82, 2.24) is 9.97 Å². The van der Waals surface area contributed by atoms with Crippen molar-refractivity contribution in [2.45, 2.75) is 10.9 Å². The van der Waals surface area contributed by atoms with Gasteiger partial charge in [0, 0.05) is 10.8 Å². The summed E-state index contributed by atoms with van der Waals surface area (Å²) in [6.45, 7) is 0. The number of hydrogen-bond donors (Lipinski definition) is 0. The summed E-state index contributed by atoms with van der Waals surface area (Å²) in [4.78, 5) is 9.21. The van der Waals surface area contributed by atoms with Gasteiger partial charge in [-0.25, -0.2) is 4.98 Å². The fourth-order valence-corrected chi connectivity index (χ4v) is 4.34. The van der Waals surface area contributed by atoms with E-state index < -0.39 is 0 Å². The molecule has 0 N–H and O–H groups in total. The average molecular weight is 419 g/mol. The number of nitrogens with zero attached hydrogens (tertiary/aromatic N) is 2. The first-order valence-corrected chi connectivity index (χ1v) is 10.4. The lowest BCUT2D eigenvalue weighted by Crippen LogP contribution is -1.94. The van der Waals surface area contributed by atoms with E-state index in [0.717, 1.165) is 16.0 Å². The van der Waals surface area contributed by atoms with Crippen LogP contribution in [-0.4, -0.2) is 9.97 Å². The molecule has 0 atom stereocenters. The Labute approximate surface area is 169 Å². The van der Waals surface area contributed by atoms with Crippen molar-refractivity contribution >= 4 is 56.5 Å². The maximum atomic E-state index is 6.23. The average Bonchev–Trinajstić information content (AvgIpc) is 3.12. The Morgan fingerprint density at radius 3 is 2.65 bits per heavy atom. The normalized spacial score (nSPS) is 11.0. The van der Waals surface area contributed by atoms with Crippen LogP contribution in [0.25, 0.3) is 10.2 Å². The molecule has 2 aromatic heterocycles. The van der Waals surface area contributed by atoms with E-state index in [9.17, 15) is 0 Å². The third-order valence-electron chi connectivity index (χ3n) is 3.56. The van der Waals surface area contributed by atoms with Gasteiger partial charge in [0.05, 0.1) is 10.5 Å². The quantitative estimate of drug-likeness (QED) is 0.256. The lowest BCUT2D eigenvalue weighted by atomic mass is 10.2. The second-order valence-corrected chi connectivity index (χ2v) is 8.10. The molecule has 2 aromatic carbocycles. The zero-order chi connectivity index (χ0) is 17.9. The summed E-state index contributed by atoms with van der Waals surface area (Å²) < 4.78 is 6.87. The van der Waals surface area contributed by atoms with Gasteiger partial charge in [-0.05, 0) is 35.2 Å². The second kappa shape index (κ2) is 7.84. The topological polar surface area (TPSA) is 35.0 Å². The largest absolute Gasteiger partial charge is 0.436 e. The van der Waals surface area contributed by atoms with Crippen LogP contribution < -0.4 is 4.74 Å². The molecule has 4 aromatic rings. The van der Waals surface area contributed by atoms with E-state index in [2.05, 4.69) is 22.1 Å². The summed E-state index contributed by atoms with van der Waals surface area (Å²) in [7, 11) is 0. The first-order valence-electron chi connectivity index (χ1n) is 7.74. The zero-order valence-corrected chi connectivity index (χ0v) is 16.5. The standard InChI is InChI=1S/C19H12Cl2N2OS2/c20-13-6-7-16(14(21)10-13)24-18-17-15(8-9-25-17)22-19(23-18)26-11-12-4-2-1-3-5-12/h1-10H,11H2. The van der Waals surface area contributed by atoms with Crippen molar-refractivity contribution in [3.8, 4) is 11.6 Å². The number of thioether (sulfide) groups is 1. The summed E-state index contributed by atoms with van der Waals surface area (Å²) in [6, 6.07) is 17.3. The van der Waals surface area contributed by atoms with Crippen LogP contribution in [0.2, 0.25) is 10.0 Å². The van der Waals surface area contributed by atoms with Gasteiger partial charge in [-0.3, -0.25) is 0 Å². The van der Waals surface area contributed by atoms with E-state index >= 15 is 0 Å². The van der Waals surface area contributed by atoms with E-state index in [1.165, 1.54) is 16.9 Å². The Balaban J connectivity index is 1.64. The Kier molecular flexibility index (Phi) is 5.31. The highest BCUT2D eigenvalue weighted by Gasteiger charge is 2.13. The fourth-order valence-electron chi connectivity index (χ4n) is 2.33. The molecule has 0 amide bonds. The minimum Gasteiger partial charge on any atom is -0.436 e. The number of fused-ring (bicyclic) bond motifs is 1. The summed E-state index contributed by atoms with van der Waals surface area (Å²) >= 11 is 15.3. The van der Waals surface area contributed by atoms with Crippen LogP contribution in [-0.2, 0) is 5.75 Å². The van der Waals surface area contributed by atoms with Gasteiger partial charge in [0.15, 0.2) is 5.16 Å². The van der Waals surface area contributed by atoms with Crippen molar-refractivity contribution in [2.75, 3.05) is 0 Å². The molecule has 0 aliphatic carbocycles. The lowest BCUT2D eigenvalue weighted by Gasteiger charge is -2.09. The van der Waals surface area contributed by atoms with Crippen LogP contribution in [0.4, 0.5) is 0 Å². The molecule has 0 saturated carbocycles. The molecule has 4 rings (SSSR count). The van der Waals surface area contributed by atoms with Gasteiger partial charge in [-0.15, -0.1) is 11.3 Å². The van der Waals surface area contributed by atoms with E-state index in [-0.39, 0.29) is 0 Å². The maximum Gasteiger partial charge on any atom is 0.241 e. The summed E-state index contributed by atoms with van der Waals surface area (Å²) in [5.41, 5.74) is 2.08. The predicted molar refractivity (Wildman–Crippen MR) is 110 cm³/mol. The smallest absolute Gasteiger partial charge is 0.241 e. The number of thiophene rings is 1. The summed E-state index contributed by atoms with van der Waals surface area (Å²) in [5.74, 6) is 1.81. The van der Waals surface area contributed by atoms with E-state index in [4.69, 9.17) is 27.9 Å². The third kappa shape index (κ3) is 3.96. The Bertz CT molecular complexity index is 1050. The number of hydrogen-bond acceptors (Lipinski definition) is 5. The van der Waals surface area contributed by atoms with Crippen LogP contribution in [0.5, 0.6) is 11.6 Å². The molecule has 3 nitrogen and oxygen atoms in total. The molecule has 7 heteroatoms. The van der Waals surface area contributed by atoms with Gasteiger partial charge < -0.3 is 4.74 Å². The number of ether oxygens (including phenoxy) is 1. The summed E-state index contributed by atoms with van der Waals surface area (Å²) in [6.07, 6.45) is 0. The number of halogens is 2. The SMILES string of the molecule is Clc1ccc(Oc2nc(SCc3ccccc3)nc3ccsc23)c(Cl)c1. The number of rotatable bonds is 5. The molecular weight excluding hydrogens is 407 g/mol. The van der Waals surface area contributed by atoms with Crippen molar-refractivity contribution in [1.29, 1.82) is 0 Å². The first-order chi connectivity index (χ1) is 12.7.